The van der Waals surface area contributed by atoms with Gasteiger partial charge in [0.15, 0.2) is 0 Å². The van der Waals surface area contributed by atoms with E-state index in [-0.39, 0.29) is 0 Å². The van der Waals surface area contributed by atoms with E-state index in [0.717, 1.165) is 30.7 Å². The van der Waals surface area contributed by atoms with Crippen LogP contribution in [-0.4, -0.2) is 21.7 Å². The van der Waals surface area contributed by atoms with Gasteiger partial charge in [0, 0.05) is 28.5 Å². The normalized spacial score (nSPS) is 18.1. The summed E-state index contributed by atoms with van der Waals surface area (Å²) in [5.74, 6) is 1.23. The molecule has 0 aliphatic heterocycles. The third-order valence-corrected chi connectivity index (χ3v) is 6.40. The summed E-state index contributed by atoms with van der Waals surface area (Å²) in [5, 5.41) is 15.7. The van der Waals surface area contributed by atoms with Gasteiger partial charge in [-0.2, -0.15) is 4.98 Å². The molecule has 3 aromatic rings. The van der Waals surface area contributed by atoms with Crippen molar-refractivity contribution in [2.45, 2.75) is 52.0 Å². The fraction of sp³-hybridized carbons (Fsp3) is 0.346. The summed E-state index contributed by atoms with van der Waals surface area (Å²) in [6, 6.07) is 12.5. The van der Waals surface area contributed by atoms with Crippen LogP contribution in [0.5, 0.6) is 0 Å². The number of nitrogens with zero attached hydrogens (tertiary/aromatic N) is 2. The summed E-state index contributed by atoms with van der Waals surface area (Å²) in [6.07, 6.45) is 7.06. The van der Waals surface area contributed by atoms with E-state index in [9.17, 15) is 4.39 Å². The van der Waals surface area contributed by atoms with Crippen molar-refractivity contribution in [2.24, 2.45) is 5.92 Å². The highest BCUT2D eigenvalue weighted by molar-refractivity contribution is 6.30. The van der Waals surface area contributed by atoms with Crippen molar-refractivity contribution < 1.29 is 4.39 Å². The highest BCUT2D eigenvalue weighted by atomic mass is 35.5. The molecule has 0 atom stereocenters. The zero-order chi connectivity index (χ0) is 23.4. The van der Waals surface area contributed by atoms with Gasteiger partial charge in [0.25, 0.3) is 0 Å². The molecule has 7 heteroatoms. The lowest BCUT2D eigenvalue weighted by atomic mass is 9.87. The minimum atomic E-state index is -0.436. The average molecular weight is 466 g/mol. The number of anilines is 3. The van der Waals surface area contributed by atoms with Gasteiger partial charge in [0.05, 0.1) is 11.3 Å². The largest absolute Gasteiger partial charge is 0.367 e. The van der Waals surface area contributed by atoms with Crippen molar-refractivity contribution >= 4 is 34.8 Å². The Kier molecular flexibility index (Phi) is 7.23. The Labute approximate surface area is 199 Å². The zero-order valence-corrected chi connectivity index (χ0v) is 19.7. The van der Waals surface area contributed by atoms with Crippen LogP contribution in [0.3, 0.4) is 0 Å². The molecule has 0 bridgehead atoms. The quantitative estimate of drug-likeness (QED) is 0.329. The van der Waals surface area contributed by atoms with Crippen LogP contribution in [0.4, 0.5) is 21.8 Å². The van der Waals surface area contributed by atoms with E-state index in [4.69, 9.17) is 17.0 Å². The maximum atomic E-state index is 13.8. The topological polar surface area (TPSA) is 73.7 Å². The third kappa shape index (κ3) is 5.88. The van der Waals surface area contributed by atoms with Crippen LogP contribution >= 0.6 is 11.6 Å². The minimum Gasteiger partial charge on any atom is -0.367 e. The molecule has 3 N–H and O–H groups in total. The van der Waals surface area contributed by atoms with Gasteiger partial charge in [-0.05, 0) is 61.8 Å². The van der Waals surface area contributed by atoms with Crippen LogP contribution in [0.2, 0.25) is 5.02 Å². The van der Waals surface area contributed by atoms with Crippen LogP contribution in [0.1, 0.15) is 56.2 Å². The van der Waals surface area contributed by atoms with E-state index in [0.29, 0.717) is 39.8 Å². The zero-order valence-electron chi connectivity index (χ0n) is 19.0. The first-order valence-electron chi connectivity index (χ1n) is 11.5. The van der Waals surface area contributed by atoms with E-state index in [1.54, 1.807) is 12.3 Å². The average Bonchev–Trinajstić information content (AvgIpc) is 2.80. The van der Waals surface area contributed by atoms with E-state index in [1.807, 2.05) is 24.3 Å². The number of hydrogen-bond donors (Lipinski definition) is 3. The number of hydrogen-bond acceptors (Lipinski definition) is 5. The molecule has 5 nitrogen and oxygen atoms in total. The van der Waals surface area contributed by atoms with E-state index in [1.165, 1.54) is 30.5 Å². The predicted molar refractivity (Wildman–Crippen MR) is 134 cm³/mol. The van der Waals surface area contributed by atoms with Crippen molar-refractivity contribution in [3.63, 3.8) is 0 Å². The minimum absolute atomic E-state index is 0.293. The fourth-order valence-corrected chi connectivity index (χ4v) is 4.37. The monoisotopic (exact) mass is 465 g/mol. The summed E-state index contributed by atoms with van der Waals surface area (Å²) in [6.45, 7) is 4.40. The Bertz CT molecular complexity index is 1100. The summed E-state index contributed by atoms with van der Waals surface area (Å²) in [4.78, 5) is 9.09. The number of aryl methyl sites for hydroxylation is 1. The Morgan fingerprint density at radius 2 is 1.85 bits per heavy atom. The standard InChI is InChI=1S/C26H29ClFN5/c1-3-17-6-8-18(9-7-17)24(29)23-15-30-26(32-22-13-19(27)12-20(28)14-22)33-25(23)31-21-10-4-16(2)5-11-21/h6-9,12-16,21,29H,3-5,10-11H2,1-2H3,(H2,30,31,32,33). The number of nitrogens with one attached hydrogen (secondary N) is 3. The smallest absolute Gasteiger partial charge is 0.229 e. The van der Waals surface area contributed by atoms with Crippen LogP contribution in [0.25, 0.3) is 0 Å². The fourth-order valence-electron chi connectivity index (χ4n) is 4.15. The number of aromatic nitrogens is 2. The van der Waals surface area contributed by atoms with Gasteiger partial charge in [-0.3, -0.25) is 5.41 Å². The predicted octanol–water partition coefficient (Wildman–Crippen LogP) is 6.98. The number of rotatable bonds is 7. The van der Waals surface area contributed by atoms with E-state index >= 15 is 0 Å². The van der Waals surface area contributed by atoms with Crippen LogP contribution in [0, 0.1) is 17.1 Å². The first-order chi connectivity index (χ1) is 15.9. The van der Waals surface area contributed by atoms with Crippen LogP contribution < -0.4 is 10.6 Å². The summed E-state index contributed by atoms with van der Waals surface area (Å²) in [5.41, 5.74) is 3.51. The first-order valence-corrected chi connectivity index (χ1v) is 11.8. The van der Waals surface area contributed by atoms with E-state index in [2.05, 4.69) is 34.4 Å². The number of benzene rings is 2. The summed E-state index contributed by atoms with van der Waals surface area (Å²) >= 11 is 5.98. The lowest BCUT2D eigenvalue weighted by Crippen LogP contribution is -2.27. The van der Waals surface area contributed by atoms with Crippen molar-refractivity contribution in [1.82, 2.24) is 9.97 Å². The summed E-state index contributed by atoms with van der Waals surface area (Å²) < 4.78 is 13.8. The second kappa shape index (κ2) is 10.3. The van der Waals surface area contributed by atoms with Gasteiger partial charge in [0.1, 0.15) is 11.6 Å². The van der Waals surface area contributed by atoms with Crippen molar-refractivity contribution in [3.8, 4) is 0 Å². The molecule has 0 amide bonds. The molecule has 2 aromatic carbocycles. The van der Waals surface area contributed by atoms with Crippen LogP contribution in [-0.2, 0) is 6.42 Å². The summed E-state index contributed by atoms with van der Waals surface area (Å²) in [7, 11) is 0. The molecule has 1 aliphatic rings. The molecule has 0 unspecified atom stereocenters. The second-order valence-corrected chi connectivity index (χ2v) is 9.20. The van der Waals surface area contributed by atoms with Gasteiger partial charge in [0.2, 0.25) is 5.95 Å². The molecule has 1 saturated carbocycles. The maximum absolute atomic E-state index is 13.8. The Hall–Kier alpha value is -2.99. The first kappa shape index (κ1) is 23.2. The third-order valence-electron chi connectivity index (χ3n) is 6.18. The molecule has 1 aromatic heterocycles. The molecular weight excluding hydrogens is 437 g/mol. The van der Waals surface area contributed by atoms with E-state index < -0.39 is 5.82 Å². The van der Waals surface area contributed by atoms with Crippen molar-refractivity contribution in [2.75, 3.05) is 10.6 Å². The Morgan fingerprint density at radius 3 is 2.52 bits per heavy atom. The maximum Gasteiger partial charge on any atom is 0.229 e. The van der Waals surface area contributed by atoms with Gasteiger partial charge in [-0.25, -0.2) is 9.37 Å². The molecular formula is C26H29ClFN5. The van der Waals surface area contributed by atoms with Gasteiger partial charge >= 0.3 is 0 Å². The highest BCUT2D eigenvalue weighted by Crippen LogP contribution is 2.28. The highest BCUT2D eigenvalue weighted by Gasteiger charge is 2.21. The van der Waals surface area contributed by atoms with Crippen molar-refractivity contribution in [1.29, 1.82) is 5.41 Å². The lowest BCUT2D eigenvalue weighted by Gasteiger charge is -2.28. The lowest BCUT2D eigenvalue weighted by molar-refractivity contribution is 0.361. The molecule has 33 heavy (non-hydrogen) atoms. The van der Waals surface area contributed by atoms with Gasteiger partial charge in [-0.1, -0.05) is 49.7 Å². The van der Waals surface area contributed by atoms with Crippen LogP contribution in [0.15, 0.2) is 48.7 Å². The molecule has 1 aliphatic carbocycles. The molecule has 0 saturated heterocycles. The molecule has 1 fully saturated rings. The van der Waals surface area contributed by atoms with Gasteiger partial charge < -0.3 is 10.6 Å². The Balaban J connectivity index is 1.64. The number of halogens is 2. The molecule has 4 rings (SSSR count). The molecule has 0 spiro atoms. The Morgan fingerprint density at radius 1 is 1.12 bits per heavy atom. The van der Waals surface area contributed by atoms with Crippen molar-refractivity contribution in [3.05, 3.63) is 76.2 Å². The molecule has 0 radical (unpaired) electrons. The van der Waals surface area contributed by atoms with Gasteiger partial charge in [-0.15, -0.1) is 0 Å². The molecule has 1 heterocycles. The molecule has 172 valence electrons. The second-order valence-electron chi connectivity index (χ2n) is 8.77. The SMILES string of the molecule is CCc1ccc(C(=N)c2cnc(Nc3cc(F)cc(Cl)c3)nc2NC2CCC(C)CC2)cc1.